The first-order chi connectivity index (χ1) is 19.4. The van der Waals surface area contributed by atoms with Gasteiger partial charge < -0.3 is 19.8 Å². The molecule has 3 aromatic heterocycles. The number of amides is 2. The van der Waals surface area contributed by atoms with E-state index in [9.17, 15) is 14.0 Å². The van der Waals surface area contributed by atoms with E-state index < -0.39 is 0 Å². The molecule has 6 rings (SSSR count). The van der Waals surface area contributed by atoms with Gasteiger partial charge in [0.25, 0.3) is 5.91 Å². The number of aromatic amines is 1. The number of rotatable bonds is 6. The Morgan fingerprint density at radius 1 is 1.07 bits per heavy atom. The van der Waals surface area contributed by atoms with E-state index >= 15 is 0 Å². The molecule has 1 aliphatic rings. The molecule has 0 radical (unpaired) electrons. The number of carbonyl (C=O) groups is 2. The number of aromatic nitrogens is 4. The van der Waals surface area contributed by atoms with Gasteiger partial charge in [0.15, 0.2) is 0 Å². The van der Waals surface area contributed by atoms with E-state index in [1.165, 1.54) is 12.1 Å². The minimum Gasteiger partial charge on any atom is -0.361 e. The first kappa shape index (κ1) is 25.5. The standard InChI is InChI=1S/C31H29FN6O2/c1-20-2-8-26(31(40)36-24-4-6-25(7-5-24)38-15-12-33-19-38)30(35-20)21-10-13-37(14-11-21)29(39)16-22-18-34-28-9-3-23(32)17-27(22)28/h2-9,12,15,17-19,21,34H,10-11,13-14,16H2,1H3,(H,36,40). The Balaban J connectivity index is 1.12. The highest BCUT2D eigenvalue weighted by Crippen LogP contribution is 2.31. The summed E-state index contributed by atoms with van der Waals surface area (Å²) in [4.78, 5) is 40.2. The highest BCUT2D eigenvalue weighted by atomic mass is 19.1. The molecular formula is C31H29FN6O2. The van der Waals surface area contributed by atoms with Crippen LogP contribution in [0.4, 0.5) is 10.1 Å². The second-order valence-corrected chi connectivity index (χ2v) is 10.2. The monoisotopic (exact) mass is 536 g/mol. The minimum atomic E-state index is -0.321. The van der Waals surface area contributed by atoms with Gasteiger partial charge in [-0.15, -0.1) is 0 Å². The Morgan fingerprint density at radius 2 is 1.88 bits per heavy atom. The zero-order valence-electron chi connectivity index (χ0n) is 22.1. The number of piperidine rings is 1. The van der Waals surface area contributed by atoms with Crippen molar-refractivity contribution in [3.8, 4) is 5.69 Å². The molecule has 0 bridgehead atoms. The highest BCUT2D eigenvalue weighted by Gasteiger charge is 2.28. The summed E-state index contributed by atoms with van der Waals surface area (Å²) in [5.74, 6) is -0.449. The quantitative estimate of drug-likeness (QED) is 0.304. The number of carbonyl (C=O) groups excluding carboxylic acids is 2. The van der Waals surface area contributed by atoms with Crippen LogP contribution in [-0.4, -0.2) is 49.3 Å². The number of hydrogen-bond acceptors (Lipinski definition) is 4. The second kappa shape index (κ2) is 10.8. The number of fused-ring (bicyclic) bond motifs is 1. The normalized spacial score (nSPS) is 14.0. The lowest BCUT2D eigenvalue weighted by molar-refractivity contribution is -0.131. The van der Waals surface area contributed by atoms with Gasteiger partial charge in [0.05, 0.1) is 24.0 Å². The number of imidazole rings is 1. The predicted molar refractivity (Wildman–Crippen MR) is 151 cm³/mol. The van der Waals surface area contributed by atoms with E-state index in [1.807, 2.05) is 59.0 Å². The Hall–Kier alpha value is -4.79. The summed E-state index contributed by atoms with van der Waals surface area (Å²) in [5, 5.41) is 3.74. The fourth-order valence-corrected chi connectivity index (χ4v) is 5.38. The van der Waals surface area contributed by atoms with E-state index in [1.54, 1.807) is 24.8 Å². The maximum atomic E-state index is 13.8. The number of nitrogens with one attached hydrogen (secondary N) is 2. The number of hydrogen-bond donors (Lipinski definition) is 2. The predicted octanol–water partition coefficient (Wildman–Crippen LogP) is 5.40. The summed E-state index contributed by atoms with van der Waals surface area (Å²) >= 11 is 0. The molecule has 1 aliphatic heterocycles. The molecule has 2 N–H and O–H groups in total. The van der Waals surface area contributed by atoms with Crippen LogP contribution >= 0.6 is 0 Å². The van der Waals surface area contributed by atoms with E-state index in [0.717, 1.165) is 33.5 Å². The molecule has 0 saturated carbocycles. The molecule has 4 heterocycles. The first-order valence-electron chi connectivity index (χ1n) is 13.3. The molecule has 0 spiro atoms. The highest BCUT2D eigenvalue weighted by molar-refractivity contribution is 6.05. The zero-order valence-corrected chi connectivity index (χ0v) is 22.1. The fourth-order valence-electron chi connectivity index (χ4n) is 5.38. The smallest absolute Gasteiger partial charge is 0.257 e. The van der Waals surface area contributed by atoms with E-state index in [0.29, 0.717) is 37.2 Å². The van der Waals surface area contributed by atoms with Gasteiger partial charge in [0, 0.05) is 65.6 Å². The molecule has 0 atom stereocenters. The molecule has 1 saturated heterocycles. The SMILES string of the molecule is Cc1ccc(C(=O)Nc2ccc(-n3ccnc3)cc2)c(C2CCN(C(=O)Cc3c[nH]c4ccc(F)cc34)CC2)n1. The van der Waals surface area contributed by atoms with Crippen LogP contribution in [0.15, 0.2) is 79.5 Å². The van der Waals surface area contributed by atoms with Gasteiger partial charge in [-0.3, -0.25) is 14.6 Å². The molecule has 0 unspecified atom stereocenters. The Morgan fingerprint density at radius 3 is 2.62 bits per heavy atom. The third-order valence-electron chi connectivity index (χ3n) is 7.54. The summed E-state index contributed by atoms with van der Waals surface area (Å²) in [6.07, 6.45) is 8.72. The van der Waals surface area contributed by atoms with Crippen LogP contribution in [0.1, 0.15) is 46.1 Å². The second-order valence-electron chi connectivity index (χ2n) is 10.2. The van der Waals surface area contributed by atoms with Crippen LogP contribution in [0.2, 0.25) is 0 Å². The van der Waals surface area contributed by atoms with Crippen molar-refractivity contribution in [2.45, 2.75) is 32.1 Å². The lowest BCUT2D eigenvalue weighted by atomic mass is 9.89. The third-order valence-corrected chi connectivity index (χ3v) is 7.54. The number of pyridine rings is 1. The number of anilines is 1. The van der Waals surface area contributed by atoms with Crippen LogP contribution in [0.3, 0.4) is 0 Å². The summed E-state index contributed by atoms with van der Waals surface area (Å²) in [7, 11) is 0. The molecular weight excluding hydrogens is 507 g/mol. The van der Waals surface area contributed by atoms with Gasteiger partial charge in [-0.1, -0.05) is 0 Å². The minimum absolute atomic E-state index is 0.0120. The van der Waals surface area contributed by atoms with E-state index in [4.69, 9.17) is 4.98 Å². The number of nitrogens with zero attached hydrogens (tertiary/aromatic N) is 4. The van der Waals surface area contributed by atoms with Crippen molar-refractivity contribution >= 4 is 28.4 Å². The molecule has 1 fully saturated rings. The summed E-state index contributed by atoms with van der Waals surface area (Å²) in [5.41, 5.74) is 5.42. The molecule has 40 heavy (non-hydrogen) atoms. The van der Waals surface area contributed by atoms with Crippen molar-refractivity contribution in [1.29, 1.82) is 0 Å². The van der Waals surface area contributed by atoms with Gasteiger partial charge in [0.1, 0.15) is 5.82 Å². The van der Waals surface area contributed by atoms with Gasteiger partial charge in [0.2, 0.25) is 5.91 Å². The molecule has 202 valence electrons. The first-order valence-corrected chi connectivity index (χ1v) is 13.3. The molecule has 0 aliphatic carbocycles. The van der Waals surface area contributed by atoms with Crippen LogP contribution in [-0.2, 0) is 11.2 Å². The molecule has 2 amide bonds. The summed E-state index contributed by atoms with van der Waals surface area (Å²) < 4.78 is 15.6. The third kappa shape index (κ3) is 5.22. The van der Waals surface area contributed by atoms with E-state index in [2.05, 4.69) is 15.3 Å². The number of aryl methyl sites for hydroxylation is 1. The van der Waals surface area contributed by atoms with Crippen molar-refractivity contribution < 1.29 is 14.0 Å². The number of likely N-dealkylation sites (tertiary alicyclic amines) is 1. The van der Waals surface area contributed by atoms with Gasteiger partial charge in [-0.25, -0.2) is 9.37 Å². The van der Waals surface area contributed by atoms with Crippen molar-refractivity contribution in [3.05, 3.63) is 108 Å². The van der Waals surface area contributed by atoms with Crippen LogP contribution in [0.5, 0.6) is 0 Å². The average Bonchev–Trinajstić information content (AvgIpc) is 3.64. The van der Waals surface area contributed by atoms with Crippen LogP contribution in [0.25, 0.3) is 16.6 Å². The van der Waals surface area contributed by atoms with Crippen molar-refractivity contribution in [2.75, 3.05) is 18.4 Å². The van der Waals surface area contributed by atoms with Crippen molar-refractivity contribution in [2.24, 2.45) is 0 Å². The van der Waals surface area contributed by atoms with Crippen molar-refractivity contribution in [1.82, 2.24) is 24.4 Å². The molecule has 8 nitrogen and oxygen atoms in total. The lowest BCUT2D eigenvalue weighted by Gasteiger charge is -2.32. The maximum Gasteiger partial charge on any atom is 0.257 e. The van der Waals surface area contributed by atoms with Gasteiger partial charge in [-0.2, -0.15) is 0 Å². The van der Waals surface area contributed by atoms with Crippen LogP contribution in [0, 0.1) is 12.7 Å². The van der Waals surface area contributed by atoms with E-state index in [-0.39, 0.29) is 30.0 Å². The maximum absolute atomic E-state index is 13.8. The largest absolute Gasteiger partial charge is 0.361 e. The van der Waals surface area contributed by atoms with Gasteiger partial charge in [-0.05, 0) is 79.9 Å². The fraction of sp³-hybridized carbons (Fsp3) is 0.226. The van der Waals surface area contributed by atoms with Crippen LogP contribution < -0.4 is 5.32 Å². The molecule has 9 heteroatoms. The topological polar surface area (TPSA) is 95.9 Å². The number of halogens is 1. The average molecular weight is 537 g/mol. The Labute approximate surface area is 230 Å². The van der Waals surface area contributed by atoms with Gasteiger partial charge >= 0.3 is 0 Å². The molecule has 2 aromatic carbocycles. The summed E-state index contributed by atoms with van der Waals surface area (Å²) in [6.45, 7) is 3.07. The zero-order chi connectivity index (χ0) is 27.6. The lowest BCUT2D eigenvalue weighted by Crippen LogP contribution is -2.39. The Kier molecular flexibility index (Phi) is 6.86. The Bertz CT molecular complexity index is 1670. The summed E-state index contributed by atoms with van der Waals surface area (Å²) in [6, 6.07) is 15.8. The molecule has 5 aromatic rings. The number of H-pyrrole nitrogens is 1. The van der Waals surface area contributed by atoms with Crippen molar-refractivity contribution in [3.63, 3.8) is 0 Å². The number of benzene rings is 2.